The predicted octanol–water partition coefficient (Wildman–Crippen LogP) is 4.14. The Kier molecular flexibility index (Phi) is 6.05. The van der Waals surface area contributed by atoms with E-state index in [9.17, 15) is 13.2 Å². The van der Waals surface area contributed by atoms with E-state index in [1.54, 1.807) is 28.6 Å². The lowest BCUT2D eigenvalue weighted by molar-refractivity contribution is 0.0452. The van der Waals surface area contributed by atoms with Crippen LogP contribution in [0.5, 0.6) is 0 Å². The number of sulfonamides is 1. The Morgan fingerprint density at radius 2 is 1.76 bits per heavy atom. The smallest absolute Gasteiger partial charge is 0.357 e. The van der Waals surface area contributed by atoms with E-state index in [-0.39, 0.29) is 17.2 Å². The molecule has 0 atom stereocenters. The van der Waals surface area contributed by atoms with Crippen LogP contribution in [0.25, 0.3) is 21.9 Å². The van der Waals surface area contributed by atoms with Gasteiger partial charge in [0.25, 0.3) is 0 Å². The molecule has 2 aromatic heterocycles. The van der Waals surface area contributed by atoms with Crippen LogP contribution in [-0.4, -0.2) is 46.3 Å². The van der Waals surface area contributed by atoms with Crippen LogP contribution in [0.3, 0.4) is 0 Å². The molecule has 0 N–H and O–H groups in total. The van der Waals surface area contributed by atoms with Crippen LogP contribution in [-0.2, 0) is 27.9 Å². The van der Waals surface area contributed by atoms with Crippen LogP contribution in [0.2, 0.25) is 0 Å². The molecular formula is C25H26N4O4S. The third kappa shape index (κ3) is 4.17. The number of esters is 1. The van der Waals surface area contributed by atoms with Gasteiger partial charge >= 0.3 is 5.97 Å². The number of carbonyl (C=O) groups excluding carboxylic acids is 1. The molecule has 0 spiro atoms. The molecule has 2 aromatic carbocycles. The number of ether oxygens (including phenoxy) is 1. The average molecular weight is 479 g/mol. The van der Waals surface area contributed by atoms with Crippen LogP contribution < -0.4 is 0 Å². The Labute approximate surface area is 198 Å². The second-order valence-electron chi connectivity index (χ2n) is 8.35. The second kappa shape index (κ2) is 9.15. The predicted molar refractivity (Wildman–Crippen MR) is 129 cm³/mol. The van der Waals surface area contributed by atoms with Gasteiger partial charge in [0.2, 0.25) is 10.0 Å². The van der Waals surface area contributed by atoms with Gasteiger partial charge in [0.1, 0.15) is 18.1 Å². The van der Waals surface area contributed by atoms with Crippen molar-refractivity contribution >= 4 is 37.9 Å². The van der Waals surface area contributed by atoms with Gasteiger partial charge in [-0.05, 0) is 50.1 Å². The number of carbonyl (C=O) groups is 1. The van der Waals surface area contributed by atoms with Crippen molar-refractivity contribution in [3.05, 3.63) is 66.1 Å². The molecule has 8 nitrogen and oxygen atoms in total. The summed E-state index contributed by atoms with van der Waals surface area (Å²) in [7, 11) is -3.55. The van der Waals surface area contributed by atoms with Gasteiger partial charge in [0.05, 0.1) is 21.4 Å². The van der Waals surface area contributed by atoms with E-state index in [2.05, 4.69) is 9.97 Å². The minimum atomic E-state index is -3.55. The average Bonchev–Trinajstić information content (AvgIpc) is 3.24. The molecule has 0 amide bonds. The zero-order valence-corrected chi connectivity index (χ0v) is 19.8. The van der Waals surface area contributed by atoms with E-state index in [0.717, 1.165) is 35.7 Å². The molecule has 1 aliphatic heterocycles. The lowest BCUT2D eigenvalue weighted by Gasteiger charge is -2.25. The molecule has 5 rings (SSSR count). The first-order valence-electron chi connectivity index (χ1n) is 11.5. The molecule has 176 valence electrons. The second-order valence-corrected chi connectivity index (χ2v) is 10.3. The first kappa shape index (κ1) is 22.5. The highest BCUT2D eigenvalue weighted by molar-refractivity contribution is 7.89. The summed E-state index contributed by atoms with van der Waals surface area (Å²) in [5, 5.41) is 0.946. The molecule has 0 radical (unpaired) electrons. The number of para-hydroxylation sites is 1. The zero-order valence-electron chi connectivity index (χ0n) is 19.0. The number of rotatable bonds is 6. The zero-order chi connectivity index (χ0) is 23.7. The third-order valence-corrected chi connectivity index (χ3v) is 8.10. The van der Waals surface area contributed by atoms with Gasteiger partial charge in [-0.25, -0.2) is 23.2 Å². The normalized spacial score (nSPS) is 15.1. The van der Waals surface area contributed by atoms with Crippen LogP contribution in [0.15, 0.2) is 59.5 Å². The Bertz CT molecular complexity index is 1470. The summed E-state index contributed by atoms with van der Waals surface area (Å²) in [5.74, 6) is 0.0213. The number of piperidine rings is 1. The number of nitrogens with zero attached hydrogens (tertiary/aromatic N) is 4. The van der Waals surface area contributed by atoms with E-state index in [1.165, 1.54) is 0 Å². The molecular weight excluding hydrogens is 452 g/mol. The number of imidazole rings is 1. The van der Waals surface area contributed by atoms with Crippen LogP contribution in [0, 0.1) is 0 Å². The number of hydrogen-bond donors (Lipinski definition) is 0. The quantitative estimate of drug-likeness (QED) is 0.387. The van der Waals surface area contributed by atoms with E-state index in [4.69, 9.17) is 4.74 Å². The molecule has 34 heavy (non-hydrogen) atoms. The van der Waals surface area contributed by atoms with Crippen molar-refractivity contribution < 1.29 is 17.9 Å². The number of aryl methyl sites for hydroxylation is 1. The number of aromatic nitrogens is 3. The summed E-state index contributed by atoms with van der Waals surface area (Å²) < 4.78 is 35.1. The van der Waals surface area contributed by atoms with Crippen LogP contribution in [0.1, 0.15) is 42.5 Å². The van der Waals surface area contributed by atoms with Crippen LogP contribution >= 0.6 is 0 Å². The molecule has 1 aliphatic rings. The fourth-order valence-corrected chi connectivity index (χ4v) is 5.96. The summed E-state index contributed by atoms with van der Waals surface area (Å²) in [6.45, 7) is 3.64. The summed E-state index contributed by atoms with van der Waals surface area (Å²) in [5.41, 5.74) is 2.32. The molecule has 9 heteroatoms. The summed E-state index contributed by atoms with van der Waals surface area (Å²) in [6.07, 6.45) is 2.82. The van der Waals surface area contributed by atoms with Gasteiger partial charge in [-0.1, -0.05) is 30.7 Å². The van der Waals surface area contributed by atoms with Gasteiger partial charge in [-0.15, -0.1) is 0 Å². The number of pyridine rings is 1. The highest BCUT2D eigenvalue weighted by Gasteiger charge is 2.26. The van der Waals surface area contributed by atoms with E-state index >= 15 is 0 Å². The number of fused-ring (bicyclic) bond motifs is 2. The molecule has 4 aromatic rings. The maximum atomic E-state index is 13.1. The van der Waals surface area contributed by atoms with Gasteiger partial charge in [0, 0.05) is 25.0 Å². The largest absolute Gasteiger partial charge is 0.453 e. The minimum Gasteiger partial charge on any atom is -0.453 e. The van der Waals surface area contributed by atoms with Crippen molar-refractivity contribution in [2.24, 2.45) is 0 Å². The topological polar surface area (TPSA) is 94.4 Å². The fourth-order valence-electron chi connectivity index (χ4n) is 4.42. The van der Waals surface area contributed by atoms with Crippen molar-refractivity contribution in [3.8, 4) is 0 Å². The van der Waals surface area contributed by atoms with E-state index in [0.29, 0.717) is 31.0 Å². The standard InChI is InChI=1S/C25H26N4O4S/c1-2-29-23-13-11-19(34(31,32)28-14-6-3-7-15-28)16-22(23)27-24(29)17-33-25(30)21-12-10-18-8-4-5-9-20(18)26-21/h4-5,8-13,16H,2-3,6-7,14-15,17H2,1H3. The monoisotopic (exact) mass is 478 g/mol. The number of benzene rings is 2. The van der Waals surface area contributed by atoms with Crippen molar-refractivity contribution in [1.82, 2.24) is 18.8 Å². The molecule has 1 saturated heterocycles. The Morgan fingerprint density at radius 1 is 0.971 bits per heavy atom. The first-order chi connectivity index (χ1) is 16.5. The van der Waals surface area contributed by atoms with Crippen molar-refractivity contribution in [1.29, 1.82) is 0 Å². The molecule has 0 aliphatic carbocycles. The highest BCUT2D eigenvalue weighted by atomic mass is 32.2. The molecule has 1 fully saturated rings. The number of hydrogen-bond acceptors (Lipinski definition) is 6. The van der Waals surface area contributed by atoms with E-state index in [1.807, 2.05) is 41.8 Å². The maximum absolute atomic E-state index is 13.1. The lowest BCUT2D eigenvalue weighted by atomic mass is 10.2. The van der Waals surface area contributed by atoms with E-state index < -0.39 is 16.0 Å². The van der Waals surface area contributed by atoms with Gasteiger partial charge in [-0.2, -0.15) is 4.31 Å². The Hall–Kier alpha value is -3.30. The fraction of sp³-hybridized carbons (Fsp3) is 0.320. The highest BCUT2D eigenvalue weighted by Crippen LogP contribution is 2.25. The van der Waals surface area contributed by atoms with Crippen LogP contribution in [0.4, 0.5) is 0 Å². The Morgan fingerprint density at radius 3 is 2.56 bits per heavy atom. The first-order valence-corrected chi connectivity index (χ1v) is 12.9. The van der Waals surface area contributed by atoms with Crippen molar-refractivity contribution in [2.75, 3.05) is 13.1 Å². The van der Waals surface area contributed by atoms with Crippen molar-refractivity contribution in [2.45, 2.75) is 44.2 Å². The van der Waals surface area contributed by atoms with Crippen molar-refractivity contribution in [3.63, 3.8) is 0 Å². The summed E-state index contributed by atoms with van der Waals surface area (Å²) in [4.78, 5) is 21.9. The minimum absolute atomic E-state index is 0.0376. The molecule has 0 unspecified atom stereocenters. The third-order valence-electron chi connectivity index (χ3n) is 6.21. The molecule has 3 heterocycles. The Balaban J connectivity index is 1.39. The molecule has 0 bridgehead atoms. The maximum Gasteiger partial charge on any atom is 0.357 e. The molecule has 0 saturated carbocycles. The SMILES string of the molecule is CCn1c(COC(=O)c2ccc3ccccc3n2)nc2cc(S(=O)(=O)N3CCCCC3)ccc21. The summed E-state index contributed by atoms with van der Waals surface area (Å²) in [6, 6.07) is 16.1. The summed E-state index contributed by atoms with van der Waals surface area (Å²) >= 11 is 0. The lowest BCUT2D eigenvalue weighted by Crippen LogP contribution is -2.35. The van der Waals surface area contributed by atoms with Gasteiger partial charge in [-0.3, -0.25) is 0 Å². The van der Waals surface area contributed by atoms with Gasteiger partial charge < -0.3 is 9.30 Å². The van der Waals surface area contributed by atoms with Gasteiger partial charge in [0.15, 0.2) is 0 Å².